The van der Waals surface area contributed by atoms with Gasteiger partial charge in [-0.1, -0.05) is 0 Å². The molecular weight excluding hydrogens is 194 g/mol. The zero-order chi connectivity index (χ0) is 9.80. The van der Waals surface area contributed by atoms with Gasteiger partial charge in [-0.25, -0.2) is 0 Å². The summed E-state index contributed by atoms with van der Waals surface area (Å²) < 4.78 is 0. The molecule has 2 saturated heterocycles. The summed E-state index contributed by atoms with van der Waals surface area (Å²) in [6.45, 7) is 5.67. The van der Waals surface area contributed by atoms with Crippen LogP contribution >= 0.6 is 11.8 Å². The molecule has 0 radical (unpaired) electrons. The van der Waals surface area contributed by atoms with Crippen molar-refractivity contribution in [2.75, 3.05) is 44.2 Å². The zero-order valence-corrected chi connectivity index (χ0v) is 9.56. The summed E-state index contributed by atoms with van der Waals surface area (Å²) >= 11 is 2.07. The number of nitrogens with two attached hydrogens (primary N) is 1. The summed E-state index contributed by atoms with van der Waals surface area (Å²) in [5.41, 5.74) is 5.91. The molecule has 3 N–H and O–H groups in total. The fourth-order valence-corrected chi connectivity index (χ4v) is 3.49. The van der Waals surface area contributed by atoms with Crippen LogP contribution in [0.25, 0.3) is 0 Å². The number of hydrogen-bond donors (Lipinski definition) is 2. The van der Waals surface area contributed by atoms with Gasteiger partial charge in [0.2, 0.25) is 0 Å². The third kappa shape index (κ3) is 2.42. The third-order valence-electron chi connectivity index (χ3n) is 3.40. The molecule has 0 aromatic rings. The Morgan fingerprint density at radius 3 is 2.79 bits per heavy atom. The van der Waals surface area contributed by atoms with E-state index in [4.69, 9.17) is 5.73 Å². The Morgan fingerprint density at radius 1 is 1.43 bits per heavy atom. The largest absolute Gasteiger partial charge is 0.329 e. The minimum atomic E-state index is 0.630. The lowest BCUT2D eigenvalue weighted by atomic mass is 9.97. The van der Waals surface area contributed by atoms with Crippen LogP contribution in [0, 0.1) is 5.92 Å². The van der Waals surface area contributed by atoms with Crippen molar-refractivity contribution in [1.82, 2.24) is 10.2 Å². The Bertz CT molecular complexity index is 165. The molecule has 2 unspecified atom stereocenters. The average molecular weight is 215 g/mol. The summed E-state index contributed by atoms with van der Waals surface area (Å²) in [6.07, 6.45) is 1.31. The molecule has 0 spiro atoms. The van der Waals surface area contributed by atoms with Crippen LogP contribution in [0.5, 0.6) is 0 Å². The fourth-order valence-electron chi connectivity index (χ4n) is 2.55. The van der Waals surface area contributed by atoms with Gasteiger partial charge in [0.15, 0.2) is 0 Å². The maximum Gasteiger partial charge on any atom is 0.0259 e. The van der Waals surface area contributed by atoms with Gasteiger partial charge < -0.3 is 11.1 Å². The summed E-state index contributed by atoms with van der Waals surface area (Å²) in [5.74, 6) is 3.37. The van der Waals surface area contributed by atoms with Crippen LogP contribution in [0.1, 0.15) is 6.42 Å². The first kappa shape index (κ1) is 10.7. The van der Waals surface area contributed by atoms with E-state index in [0.29, 0.717) is 6.04 Å². The second-order valence-corrected chi connectivity index (χ2v) is 5.43. The summed E-state index contributed by atoms with van der Waals surface area (Å²) in [5, 5.41) is 3.44. The number of nitrogens with zero attached hydrogens (tertiary/aromatic N) is 1. The van der Waals surface area contributed by atoms with Crippen molar-refractivity contribution in [1.29, 1.82) is 0 Å². The summed E-state index contributed by atoms with van der Waals surface area (Å²) in [6, 6.07) is 0.630. The second kappa shape index (κ2) is 5.35. The van der Waals surface area contributed by atoms with Crippen molar-refractivity contribution in [3.8, 4) is 0 Å². The Balaban J connectivity index is 1.89. The van der Waals surface area contributed by atoms with Gasteiger partial charge >= 0.3 is 0 Å². The van der Waals surface area contributed by atoms with E-state index in [0.717, 1.165) is 12.5 Å². The molecule has 2 fully saturated rings. The molecule has 0 aromatic carbocycles. The van der Waals surface area contributed by atoms with Crippen molar-refractivity contribution in [3.05, 3.63) is 0 Å². The first-order valence-corrected chi connectivity index (χ1v) is 6.80. The van der Waals surface area contributed by atoms with E-state index < -0.39 is 0 Å². The molecule has 0 aliphatic carbocycles. The molecular formula is C10H21N3S. The van der Waals surface area contributed by atoms with Crippen LogP contribution < -0.4 is 11.1 Å². The predicted octanol–water partition coefficient (Wildman–Crippen LogP) is -0.0280. The highest BCUT2D eigenvalue weighted by molar-refractivity contribution is 7.99. The number of hydrogen-bond acceptors (Lipinski definition) is 4. The van der Waals surface area contributed by atoms with E-state index in [2.05, 4.69) is 22.0 Å². The molecule has 0 amide bonds. The molecule has 4 heteroatoms. The Hall–Kier alpha value is 0.230. The Labute approximate surface area is 90.8 Å². The topological polar surface area (TPSA) is 41.3 Å². The lowest BCUT2D eigenvalue weighted by Gasteiger charge is -2.36. The minimum absolute atomic E-state index is 0.630. The highest BCUT2D eigenvalue weighted by Gasteiger charge is 2.29. The van der Waals surface area contributed by atoms with Gasteiger partial charge in [-0.05, 0) is 25.4 Å². The summed E-state index contributed by atoms with van der Waals surface area (Å²) in [4.78, 5) is 2.61. The number of rotatable bonds is 3. The van der Waals surface area contributed by atoms with E-state index in [-0.39, 0.29) is 0 Å². The Morgan fingerprint density at radius 2 is 2.21 bits per heavy atom. The van der Waals surface area contributed by atoms with Crippen molar-refractivity contribution in [2.24, 2.45) is 11.7 Å². The normalized spacial score (nSPS) is 31.9. The predicted molar refractivity (Wildman–Crippen MR) is 62.7 cm³/mol. The van der Waals surface area contributed by atoms with Gasteiger partial charge in [0.05, 0.1) is 0 Å². The fraction of sp³-hybridized carbons (Fsp3) is 1.00. The maximum absolute atomic E-state index is 5.91. The molecule has 0 aromatic heterocycles. The zero-order valence-electron chi connectivity index (χ0n) is 8.74. The van der Waals surface area contributed by atoms with Crippen LogP contribution in [0.4, 0.5) is 0 Å². The molecule has 14 heavy (non-hydrogen) atoms. The molecule has 0 bridgehead atoms. The highest BCUT2D eigenvalue weighted by atomic mass is 32.2. The number of thioether (sulfide) groups is 1. The lowest BCUT2D eigenvalue weighted by Crippen LogP contribution is -2.49. The average Bonchev–Trinajstić information content (AvgIpc) is 2.74. The smallest absolute Gasteiger partial charge is 0.0259 e. The van der Waals surface area contributed by atoms with Gasteiger partial charge in [0.25, 0.3) is 0 Å². The van der Waals surface area contributed by atoms with E-state index in [1.54, 1.807) is 0 Å². The second-order valence-electron chi connectivity index (χ2n) is 4.20. The first-order valence-electron chi connectivity index (χ1n) is 5.64. The van der Waals surface area contributed by atoms with E-state index >= 15 is 0 Å². The van der Waals surface area contributed by atoms with Gasteiger partial charge in [-0.15, -0.1) is 0 Å². The molecule has 3 nitrogen and oxygen atoms in total. The molecule has 0 saturated carbocycles. The monoisotopic (exact) mass is 215 g/mol. The SMILES string of the molecule is NCC(C1CCNC1)N1CCSCC1. The number of nitrogens with one attached hydrogen (secondary N) is 1. The van der Waals surface area contributed by atoms with Gasteiger partial charge in [0, 0.05) is 37.2 Å². The lowest BCUT2D eigenvalue weighted by molar-refractivity contribution is 0.167. The third-order valence-corrected chi connectivity index (χ3v) is 4.34. The maximum atomic E-state index is 5.91. The van der Waals surface area contributed by atoms with Crippen molar-refractivity contribution in [2.45, 2.75) is 12.5 Å². The highest BCUT2D eigenvalue weighted by Crippen LogP contribution is 2.20. The molecule has 2 atom stereocenters. The molecule has 2 heterocycles. The standard InChI is InChI=1S/C10H21N3S/c11-7-10(9-1-2-12-8-9)13-3-5-14-6-4-13/h9-10,12H,1-8,11H2. The van der Waals surface area contributed by atoms with E-state index in [1.807, 2.05) is 0 Å². The first-order chi connectivity index (χ1) is 6.92. The molecule has 2 aliphatic rings. The van der Waals surface area contributed by atoms with Crippen LogP contribution in [-0.2, 0) is 0 Å². The quantitative estimate of drug-likeness (QED) is 0.694. The van der Waals surface area contributed by atoms with Crippen molar-refractivity contribution < 1.29 is 0 Å². The van der Waals surface area contributed by atoms with Crippen molar-refractivity contribution in [3.63, 3.8) is 0 Å². The van der Waals surface area contributed by atoms with Crippen LogP contribution in [0.15, 0.2) is 0 Å². The van der Waals surface area contributed by atoms with Crippen molar-refractivity contribution >= 4 is 11.8 Å². The van der Waals surface area contributed by atoms with E-state index in [9.17, 15) is 0 Å². The van der Waals surface area contributed by atoms with Gasteiger partial charge in [-0.3, -0.25) is 4.90 Å². The molecule has 2 aliphatic heterocycles. The minimum Gasteiger partial charge on any atom is -0.329 e. The van der Waals surface area contributed by atoms with Gasteiger partial charge in [-0.2, -0.15) is 11.8 Å². The van der Waals surface area contributed by atoms with Gasteiger partial charge in [0.1, 0.15) is 0 Å². The Kier molecular flexibility index (Phi) is 4.10. The van der Waals surface area contributed by atoms with Crippen LogP contribution in [-0.4, -0.2) is 55.2 Å². The van der Waals surface area contributed by atoms with E-state index in [1.165, 1.54) is 44.1 Å². The van der Waals surface area contributed by atoms with Crippen LogP contribution in [0.3, 0.4) is 0 Å². The summed E-state index contributed by atoms with van der Waals surface area (Å²) in [7, 11) is 0. The molecule has 2 rings (SSSR count). The van der Waals surface area contributed by atoms with Crippen LogP contribution in [0.2, 0.25) is 0 Å². The molecule has 82 valence electrons.